The van der Waals surface area contributed by atoms with Gasteiger partial charge in [0.25, 0.3) is 0 Å². The van der Waals surface area contributed by atoms with Gasteiger partial charge < -0.3 is 14.8 Å². The quantitative estimate of drug-likeness (QED) is 0.705. The van der Waals surface area contributed by atoms with Crippen molar-refractivity contribution in [2.75, 3.05) is 26.9 Å². The van der Waals surface area contributed by atoms with Crippen LogP contribution >= 0.6 is 0 Å². The highest BCUT2D eigenvalue weighted by molar-refractivity contribution is 4.75. The van der Waals surface area contributed by atoms with Crippen LogP contribution in [-0.4, -0.2) is 39.0 Å². The Kier molecular flexibility index (Phi) is 5.45. The van der Waals surface area contributed by atoms with Crippen molar-refractivity contribution in [1.82, 2.24) is 5.32 Å². The number of methoxy groups -OCH3 is 1. The third-order valence-electron chi connectivity index (χ3n) is 3.02. The molecule has 0 bridgehead atoms. The average molecular weight is 201 g/mol. The zero-order chi connectivity index (χ0) is 10.4. The summed E-state index contributed by atoms with van der Waals surface area (Å²) in [5, 5.41) is 3.53. The molecule has 1 saturated heterocycles. The third-order valence-corrected chi connectivity index (χ3v) is 3.02. The molecule has 0 spiro atoms. The fraction of sp³-hybridized carbons (Fsp3) is 1.00. The predicted molar refractivity (Wildman–Crippen MR) is 57.5 cm³/mol. The van der Waals surface area contributed by atoms with Crippen molar-refractivity contribution in [2.24, 2.45) is 5.92 Å². The molecule has 0 amide bonds. The molecular weight excluding hydrogens is 178 g/mol. The molecule has 0 radical (unpaired) electrons. The van der Waals surface area contributed by atoms with Crippen molar-refractivity contribution >= 4 is 0 Å². The zero-order valence-corrected chi connectivity index (χ0v) is 9.58. The molecule has 1 rings (SSSR count). The first-order valence-corrected chi connectivity index (χ1v) is 5.58. The molecule has 0 aromatic rings. The van der Waals surface area contributed by atoms with Crippen LogP contribution in [0.5, 0.6) is 0 Å². The van der Waals surface area contributed by atoms with E-state index >= 15 is 0 Å². The largest absolute Gasteiger partial charge is 0.385 e. The summed E-state index contributed by atoms with van der Waals surface area (Å²) in [4.78, 5) is 0. The Morgan fingerprint density at radius 1 is 1.57 bits per heavy atom. The predicted octanol–water partition coefficient (Wildman–Crippen LogP) is 1.43. The highest BCUT2D eigenvalue weighted by Crippen LogP contribution is 2.19. The molecule has 1 aliphatic heterocycles. The van der Waals surface area contributed by atoms with E-state index in [2.05, 4.69) is 19.2 Å². The van der Waals surface area contributed by atoms with Gasteiger partial charge in [0.1, 0.15) is 0 Å². The second-order valence-corrected chi connectivity index (χ2v) is 4.22. The second-order valence-electron chi connectivity index (χ2n) is 4.22. The maximum absolute atomic E-state index is 5.51. The molecule has 1 aliphatic rings. The molecule has 0 aromatic carbocycles. The maximum Gasteiger partial charge on any atom is 0.0588 e. The molecule has 1 heterocycles. The van der Waals surface area contributed by atoms with E-state index in [9.17, 15) is 0 Å². The number of hydrogen-bond acceptors (Lipinski definition) is 3. The molecule has 84 valence electrons. The van der Waals surface area contributed by atoms with Gasteiger partial charge in [0.2, 0.25) is 0 Å². The Hall–Kier alpha value is -0.120. The van der Waals surface area contributed by atoms with Crippen LogP contribution in [0, 0.1) is 5.92 Å². The van der Waals surface area contributed by atoms with Gasteiger partial charge in [-0.1, -0.05) is 0 Å². The van der Waals surface area contributed by atoms with E-state index in [1.807, 2.05) is 0 Å². The first kappa shape index (κ1) is 12.0. The molecule has 3 heteroatoms. The topological polar surface area (TPSA) is 30.5 Å². The van der Waals surface area contributed by atoms with Crippen molar-refractivity contribution in [3.63, 3.8) is 0 Å². The second kappa shape index (κ2) is 6.38. The fourth-order valence-electron chi connectivity index (χ4n) is 1.79. The minimum atomic E-state index is 0.428. The first-order chi connectivity index (χ1) is 6.74. The van der Waals surface area contributed by atoms with Gasteiger partial charge in [-0.05, 0) is 32.6 Å². The molecule has 3 nitrogen and oxygen atoms in total. The van der Waals surface area contributed by atoms with E-state index < -0.39 is 0 Å². The van der Waals surface area contributed by atoms with E-state index in [0.717, 1.165) is 26.2 Å². The summed E-state index contributed by atoms with van der Waals surface area (Å²) in [5.74, 6) is 0.694. The summed E-state index contributed by atoms with van der Waals surface area (Å²) in [5.41, 5.74) is 0. The first-order valence-electron chi connectivity index (χ1n) is 5.58. The van der Waals surface area contributed by atoms with E-state index in [-0.39, 0.29) is 0 Å². The molecule has 14 heavy (non-hydrogen) atoms. The molecule has 3 unspecified atom stereocenters. The van der Waals surface area contributed by atoms with E-state index in [4.69, 9.17) is 9.47 Å². The van der Waals surface area contributed by atoms with Crippen LogP contribution in [0.2, 0.25) is 0 Å². The summed E-state index contributed by atoms with van der Waals surface area (Å²) in [6.45, 7) is 7.22. The average Bonchev–Trinajstić information content (AvgIpc) is 2.58. The normalized spacial score (nSPS) is 29.4. The summed E-state index contributed by atoms with van der Waals surface area (Å²) in [6.07, 6.45) is 2.71. The van der Waals surface area contributed by atoms with Gasteiger partial charge in [0.15, 0.2) is 0 Å². The van der Waals surface area contributed by atoms with Crippen molar-refractivity contribution < 1.29 is 9.47 Å². The van der Waals surface area contributed by atoms with Crippen LogP contribution in [0.4, 0.5) is 0 Å². The van der Waals surface area contributed by atoms with Gasteiger partial charge >= 0.3 is 0 Å². The fourth-order valence-corrected chi connectivity index (χ4v) is 1.79. The van der Waals surface area contributed by atoms with Crippen LogP contribution in [0.3, 0.4) is 0 Å². The number of hydrogen-bond donors (Lipinski definition) is 1. The lowest BCUT2D eigenvalue weighted by Gasteiger charge is -2.18. The third kappa shape index (κ3) is 3.95. The van der Waals surface area contributed by atoms with Crippen molar-refractivity contribution in [3.05, 3.63) is 0 Å². The number of nitrogens with one attached hydrogen (secondary N) is 1. The standard InChI is InChI=1S/C11H23NO2/c1-9(4-6-13-3)12-8-11-5-7-14-10(11)2/h9-12H,4-8H2,1-3H3. The SMILES string of the molecule is COCCC(C)NCC1CCOC1C. The van der Waals surface area contributed by atoms with Crippen LogP contribution in [-0.2, 0) is 9.47 Å². The maximum atomic E-state index is 5.51. The van der Waals surface area contributed by atoms with E-state index in [0.29, 0.717) is 18.1 Å². The van der Waals surface area contributed by atoms with Gasteiger partial charge in [0.05, 0.1) is 6.10 Å². The van der Waals surface area contributed by atoms with Crippen LogP contribution in [0.15, 0.2) is 0 Å². The van der Waals surface area contributed by atoms with E-state index in [1.54, 1.807) is 7.11 Å². The van der Waals surface area contributed by atoms with Crippen LogP contribution in [0.25, 0.3) is 0 Å². The summed E-state index contributed by atoms with van der Waals surface area (Å²) in [6, 6.07) is 0.544. The highest BCUT2D eigenvalue weighted by atomic mass is 16.5. The van der Waals surface area contributed by atoms with Crippen LogP contribution in [0.1, 0.15) is 26.7 Å². The lowest BCUT2D eigenvalue weighted by Crippen LogP contribution is -2.34. The lowest BCUT2D eigenvalue weighted by molar-refractivity contribution is 0.104. The summed E-state index contributed by atoms with van der Waals surface area (Å²) < 4.78 is 10.6. The Bertz CT molecular complexity index is 152. The zero-order valence-electron chi connectivity index (χ0n) is 9.58. The lowest BCUT2D eigenvalue weighted by atomic mass is 10.0. The smallest absolute Gasteiger partial charge is 0.0588 e. The molecule has 1 N–H and O–H groups in total. The minimum Gasteiger partial charge on any atom is -0.385 e. The monoisotopic (exact) mass is 201 g/mol. The Morgan fingerprint density at radius 3 is 2.93 bits per heavy atom. The molecule has 3 atom stereocenters. The van der Waals surface area contributed by atoms with E-state index in [1.165, 1.54) is 6.42 Å². The highest BCUT2D eigenvalue weighted by Gasteiger charge is 2.23. The molecule has 0 aliphatic carbocycles. The Labute approximate surface area is 87.2 Å². The Morgan fingerprint density at radius 2 is 2.36 bits per heavy atom. The number of rotatable bonds is 6. The van der Waals surface area contributed by atoms with Gasteiger partial charge in [-0.25, -0.2) is 0 Å². The molecule has 0 saturated carbocycles. The number of ether oxygens (including phenoxy) is 2. The van der Waals surface area contributed by atoms with Gasteiger partial charge in [-0.15, -0.1) is 0 Å². The molecular formula is C11H23NO2. The van der Waals surface area contributed by atoms with Gasteiger partial charge in [0, 0.05) is 32.9 Å². The van der Waals surface area contributed by atoms with Crippen molar-refractivity contribution in [3.8, 4) is 0 Å². The summed E-state index contributed by atoms with van der Waals surface area (Å²) >= 11 is 0. The Balaban J connectivity index is 2.07. The van der Waals surface area contributed by atoms with Crippen LogP contribution < -0.4 is 5.32 Å². The van der Waals surface area contributed by atoms with Gasteiger partial charge in [-0.3, -0.25) is 0 Å². The van der Waals surface area contributed by atoms with Crippen molar-refractivity contribution in [1.29, 1.82) is 0 Å². The summed E-state index contributed by atoms with van der Waals surface area (Å²) in [7, 11) is 1.75. The van der Waals surface area contributed by atoms with Crippen molar-refractivity contribution in [2.45, 2.75) is 38.8 Å². The minimum absolute atomic E-state index is 0.428. The molecule has 0 aromatic heterocycles. The van der Waals surface area contributed by atoms with Gasteiger partial charge in [-0.2, -0.15) is 0 Å². The molecule has 1 fully saturated rings.